The van der Waals surface area contributed by atoms with Gasteiger partial charge in [-0.25, -0.2) is 13.2 Å². The molecule has 0 radical (unpaired) electrons. The topological polar surface area (TPSA) is 101 Å². The lowest BCUT2D eigenvalue weighted by Gasteiger charge is -2.31. The van der Waals surface area contributed by atoms with Crippen LogP contribution in [-0.2, 0) is 16.9 Å². The Kier molecular flexibility index (Phi) is 5.47. The smallest absolute Gasteiger partial charge is 0.326 e. The van der Waals surface area contributed by atoms with Crippen molar-refractivity contribution >= 4 is 32.8 Å². The van der Waals surface area contributed by atoms with Crippen molar-refractivity contribution in [2.75, 3.05) is 23.9 Å². The highest BCUT2D eigenvalue weighted by atomic mass is 32.2. The lowest BCUT2D eigenvalue weighted by atomic mass is 9.92. The molecule has 9 heteroatoms. The van der Waals surface area contributed by atoms with Gasteiger partial charge in [0.15, 0.2) is 9.84 Å². The second kappa shape index (κ2) is 8.27. The predicted molar refractivity (Wildman–Crippen MR) is 138 cm³/mol. The van der Waals surface area contributed by atoms with E-state index in [1.807, 2.05) is 38.1 Å². The Bertz CT molecular complexity index is 1510. The minimum atomic E-state index is -3.37. The summed E-state index contributed by atoms with van der Waals surface area (Å²) in [6.45, 7) is 4.48. The summed E-state index contributed by atoms with van der Waals surface area (Å²) in [7, 11) is -1.70. The highest BCUT2D eigenvalue weighted by Gasteiger charge is 2.40. The Morgan fingerprint density at radius 3 is 2.60 bits per heavy atom. The number of sulfone groups is 1. The molecule has 2 N–H and O–H groups in total. The van der Waals surface area contributed by atoms with E-state index in [0.717, 1.165) is 28.0 Å². The number of urea groups is 1. The standard InChI is InChI=1S/C26H28N4O4S/c1-15-6-5-7-16(2)23(15)28-26(32)30-13-17-12-18(14-35(4,33)34)19-9-11-29(3)25(31)22(19)24-21(17)20(30)8-10-27-24/h5-7,9,11-13,20,27H,8,10,14H2,1-4H3,(H,28,32). The summed E-state index contributed by atoms with van der Waals surface area (Å²) in [6, 6.07) is 7.12. The van der Waals surface area contributed by atoms with Gasteiger partial charge in [-0.1, -0.05) is 18.2 Å². The molecule has 0 saturated heterocycles. The van der Waals surface area contributed by atoms with Crippen LogP contribution in [0, 0.1) is 13.8 Å². The van der Waals surface area contributed by atoms with Gasteiger partial charge in [-0.3, -0.25) is 9.69 Å². The van der Waals surface area contributed by atoms with Crippen LogP contribution in [0.25, 0.3) is 11.3 Å². The van der Waals surface area contributed by atoms with Crippen LogP contribution in [0.5, 0.6) is 0 Å². The van der Waals surface area contributed by atoms with Gasteiger partial charge >= 0.3 is 6.03 Å². The van der Waals surface area contributed by atoms with Crippen LogP contribution in [0.3, 0.4) is 0 Å². The molecule has 1 aromatic heterocycles. The molecule has 2 aromatic rings. The molecule has 2 amide bonds. The number of aromatic nitrogens is 1. The maximum atomic E-state index is 13.5. The van der Waals surface area contributed by atoms with Crippen LogP contribution >= 0.6 is 0 Å². The second-order valence-electron chi connectivity index (χ2n) is 9.47. The van der Waals surface area contributed by atoms with E-state index in [1.165, 1.54) is 10.8 Å². The normalized spacial score (nSPS) is 18.7. The zero-order valence-corrected chi connectivity index (χ0v) is 21.0. The van der Waals surface area contributed by atoms with Crippen molar-refractivity contribution in [2.45, 2.75) is 26.3 Å². The first-order valence-electron chi connectivity index (χ1n) is 11.5. The summed E-state index contributed by atoms with van der Waals surface area (Å²) in [5.41, 5.74) is 6.36. The van der Waals surface area contributed by atoms with Crippen LogP contribution in [-0.4, -0.2) is 48.5 Å². The first kappa shape index (κ1) is 23.2. The van der Waals surface area contributed by atoms with Gasteiger partial charge in [-0.2, -0.15) is 0 Å². The maximum absolute atomic E-state index is 13.5. The van der Waals surface area contributed by atoms with Crippen LogP contribution in [0.15, 0.2) is 58.7 Å². The molecule has 0 bridgehead atoms. The molecule has 1 atom stereocenters. The fraction of sp³-hybridized carbons (Fsp3) is 0.308. The van der Waals surface area contributed by atoms with Crippen LogP contribution in [0.1, 0.15) is 28.7 Å². The van der Waals surface area contributed by atoms with Gasteiger partial charge in [-0.15, -0.1) is 0 Å². The molecular weight excluding hydrogens is 464 g/mol. The number of para-hydroxylation sites is 1. The summed E-state index contributed by atoms with van der Waals surface area (Å²) in [5.74, 6) is -0.204. The molecular formula is C26H28N4O4S. The fourth-order valence-corrected chi connectivity index (χ4v) is 5.99. The predicted octanol–water partition coefficient (Wildman–Crippen LogP) is 2.95. The number of carbonyl (C=O) groups is 1. The number of rotatable bonds is 3. The van der Waals surface area contributed by atoms with Crippen LogP contribution in [0.2, 0.25) is 0 Å². The van der Waals surface area contributed by atoms with Crippen molar-refractivity contribution < 1.29 is 13.2 Å². The molecule has 2 aliphatic heterocycles. The van der Waals surface area contributed by atoms with Gasteiger partial charge in [0.05, 0.1) is 23.1 Å². The number of pyridine rings is 1. The molecule has 0 saturated carbocycles. The SMILES string of the molecule is Cc1cccc(C)c1NC(=O)N1C=C2C=C(CS(C)(=O)=O)c3ccn(C)c(=O)c3C3=C2C1CCN3. The Balaban J connectivity index is 1.66. The van der Waals surface area contributed by atoms with Gasteiger partial charge in [-0.05, 0) is 60.2 Å². The number of allylic oxidation sites excluding steroid dienone is 1. The number of hydrogen-bond acceptors (Lipinski definition) is 5. The zero-order chi connectivity index (χ0) is 25.1. The molecule has 1 aliphatic carbocycles. The molecule has 5 rings (SSSR count). The Labute approximate surface area is 204 Å². The van der Waals surface area contributed by atoms with Crippen molar-refractivity contribution in [3.8, 4) is 0 Å². The molecule has 35 heavy (non-hydrogen) atoms. The van der Waals surface area contributed by atoms with Gasteiger partial charge in [0.25, 0.3) is 5.56 Å². The van der Waals surface area contributed by atoms with E-state index in [9.17, 15) is 18.0 Å². The molecule has 182 valence electrons. The lowest BCUT2D eigenvalue weighted by Crippen LogP contribution is -2.42. The second-order valence-corrected chi connectivity index (χ2v) is 11.6. The fourth-order valence-electron chi connectivity index (χ4n) is 5.19. The summed E-state index contributed by atoms with van der Waals surface area (Å²) in [5, 5.41) is 6.44. The number of aryl methyl sites for hydroxylation is 3. The van der Waals surface area contributed by atoms with E-state index in [0.29, 0.717) is 35.4 Å². The summed E-state index contributed by atoms with van der Waals surface area (Å²) < 4.78 is 26.1. The van der Waals surface area contributed by atoms with Crippen LogP contribution in [0.4, 0.5) is 10.5 Å². The lowest BCUT2D eigenvalue weighted by molar-refractivity contribution is 0.220. The monoisotopic (exact) mass is 492 g/mol. The molecule has 1 aromatic carbocycles. The van der Waals surface area contributed by atoms with Gasteiger partial charge in [0.2, 0.25) is 0 Å². The number of carbonyl (C=O) groups excluding carboxylic acids is 1. The molecule has 1 unspecified atom stereocenters. The van der Waals surface area contributed by atoms with E-state index < -0.39 is 9.84 Å². The Morgan fingerprint density at radius 1 is 1.20 bits per heavy atom. The number of benzene rings is 1. The van der Waals surface area contributed by atoms with Gasteiger partial charge in [0.1, 0.15) is 0 Å². The highest BCUT2D eigenvalue weighted by Crippen LogP contribution is 2.42. The van der Waals surface area contributed by atoms with Gasteiger partial charge in [0, 0.05) is 43.5 Å². The van der Waals surface area contributed by atoms with Crippen molar-refractivity contribution in [3.63, 3.8) is 0 Å². The zero-order valence-electron chi connectivity index (χ0n) is 20.2. The van der Waals surface area contributed by atoms with E-state index in [4.69, 9.17) is 0 Å². The maximum Gasteiger partial charge on any atom is 0.326 e. The largest absolute Gasteiger partial charge is 0.384 e. The van der Waals surface area contributed by atoms with Crippen molar-refractivity contribution in [3.05, 3.63) is 86.5 Å². The first-order valence-corrected chi connectivity index (χ1v) is 13.6. The quantitative estimate of drug-likeness (QED) is 0.686. The number of amides is 2. The average Bonchev–Trinajstić information content (AvgIpc) is 3.09. The average molecular weight is 493 g/mol. The molecule has 3 aliphatic rings. The molecule has 0 fully saturated rings. The molecule has 3 heterocycles. The number of hydrogen-bond donors (Lipinski definition) is 2. The highest BCUT2D eigenvalue weighted by molar-refractivity contribution is 7.91. The Hall–Kier alpha value is -3.59. The number of fused-ring (bicyclic) bond motifs is 2. The summed E-state index contributed by atoms with van der Waals surface area (Å²) >= 11 is 0. The summed E-state index contributed by atoms with van der Waals surface area (Å²) in [4.78, 5) is 28.4. The number of nitrogens with one attached hydrogen (secondary N) is 2. The minimum Gasteiger partial charge on any atom is -0.384 e. The molecule has 0 spiro atoms. The van der Waals surface area contributed by atoms with Crippen molar-refractivity contribution in [1.82, 2.24) is 14.8 Å². The van der Waals surface area contributed by atoms with Gasteiger partial charge < -0.3 is 15.2 Å². The Morgan fingerprint density at radius 2 is 1.91 bits per heavy atom. The third-order valence-corrected chi connectivity index (χ3v) is 7.64. The van der Waals surface area contributed by atoms with Crippen molar-refractivity contribution in [2.24, 2.45) is 7.05 Å². The number of anilines is 1. The minimum absolute atomic E-state index is 0.204. The molecule has 8 nitrogen and oxygen atoms in total. The number of nitrogens with zero attached hydrogens (tertiary/aromatic N) is 2. The third kappa shape index (κ3) is 3.99. The van der Waals surface area contributed by atoms with Crippen molar-refractivity contribution in [1.29, 1.82) is 0 Å². The van der Waals surface area contributed by atoms with E-state index >= 15 is 0 Å². The van der Waals surface area contributed by atoms with E-state index in [1.54, 1.807) is 30.4 Å². The van der Waals surface area contributed by atoms with E-state index in [-0.39, 0.29) is 23.4 Å². The third-order valence-electron chi connectivity index (χ3n) is 6.81. The summed E-state index contributed by atoms with van der Waals surface area (Å²) in [6.07, 6.45) is 7.09. The van der Waals surface area contributed by atoms with E-state index in [2.05, 4.69) is 10.6 Å². The first-order chi connectivity index (χ1) is 16.5. The van der Waals surface area contributed by atoms with Crippen LogP contribution < -0.4 is 16.2 Å².